The third-order valence-corrected chi connectivity index (χ3v) is 5.83. The minimum absolute atomic E-state index is 0.0410. The van der Waals surface area contributed by atoms with E-state index in [1.54, 1.807) is 31.1 Å². The molecule has 0 aliphatic carbocycles. The number of hydrogen-bond acceptors (Lipinski definition) is 7. The summed E-state index contributed by atoms with van der Waals surface area (Å²) in [6.45, 7) is 3.91. The minimum atomic E-state index is -0.0410. The standard InChI is InChI=1S/C25H22N10O/c1-3-4-21(36)30-16-7-15(9-26-10-16)18-8-17-19(11-28-18)33-34-22(17)25-31-23-20(5-6-27-24(23)32-25)35-12-14(2)29-13-35/h5-13H,3-4H2,1-2H3,(H,30,36)(H,33,34)(H,27,31,32). The molecule has 6 aromatic rings. The van der Waals surface area contributed by atoms with Crippen LogP contribution in [0.2, 0.25) is 0 Å². The van der Waals surface area contributed by atoms with E-state index in [4.69, 9.17) is 4.98 Å². The predicted octanol–water partition coefficient (Wildman–Crippen LogP) is 4.19. The summed E-state index contributed by atoms with van der Waals surface area (Å²) in [7, 11) is 0. The highest BCUT2D eigenvalue weighted by Gasteiger charge is 2.17. The van der Waals surface area contributed by atoms with Crippen LogP contribution in [0.15, 0.2) is 55.5 Å². The van der Waals surface area contributed by atoms with Gasteiger partial charge in [-0.15, -0.1) is 0 Å². The quantitative estimate of drug-likeness (QED) is 0.326. The summed E-state index contributed by atoms with van der Waals surface area (Å²) in [5.74, 6) is 0.546. The Balaban J connectivity index is 1.40. The summed E-state index contributed by atoms with van der Waals surface area (Å²) in [6.07, 6.45) is 11.7. The summed E-state index contributed by atoms with van der Waals surface area (Å²) < 4.78 is 1.94. The number of anilines is 1. The largest absolute Gasteiger partial charge is 0.333 e. The fourth-order valence-corrected chi connectivity index (χ4v) is 4.13. The summed E-state index contributed by atoms with van der Waals surface area (Å²) >= 11 is 0. The molecule has 6 rings (SSSR count). The van der Waals surface area contributed by atoms with Crippen molar-refractivity contribution in [3.05, 3.63) is 61.2 Å². The van der Waals surface area contributed by atoms with Gasteiger partial charge in [-0.25, -0.2) is 15.0 Å². The molecular formula is C25H22N10O. The smallest absolute Gasteiger partial charge is 0.224 e. The lowest BCUT2D eigenvalue weighted by molar-refractivity contribution is -0.116. The van der Waals surface area contributed by atoms with E-state index in [0.29, 0.717) is 35.0 Å². The highest BCUT2D eigenvalue weighted by molar-refractivity contribution is 5.95. The van der Waals surface area contributed by atoms with Gasteiger partial charge >= 0.3 is 0 Å². The molecule has 0 aliphatic rings. The van der Waals surface area contributed by atoms with Gasteiger partial charge in [-0.05, 0) is 31.5 Å². The maximum absolute atomic E-state index is 12.0. The molecule has 36 heavy (non-hydrogen) atoms. The first-order valence-corrected chi connectivity index (χ1v) is 11.5. The molecule has 6 aromatic heterocycles. The van der Waals surface area contributed by atoms with Crippen LogP contribution in [-0.4, -0.2) is 50.6 Å². The van der Waals surface area contributed by atoms with E-state index in [9.17, 15) is 4.79 Å². The molecule has 0 spiro atoms. The number of rotatable bonds is 6. The van der Waals surface area contributed by atoms with Gasteiger partial charge in [0, 0.05) is 36.0 Å². The fourth-order valence-electron chi connectivity index (χ4n) is 4.13. The minimum Gasteiger partial charge on any atom is -0.333 e. The summed E-state index contributed by atoms with van der Waals surface area (Å²) in [5, 5.41) is 11.3. The lowest BCUT2D eigenvalue weighted by Crippen LogP contribution is -2.10. The topological polar surface area (TPSA) is 143 Å². The lowest BCUT2D eigenvalue weighted by atomic mass is 10.1. The summed E-state index contributed by atoms with van der Waals surface area (Å²) in [4.78, 5) is 37.7. The molecule has 1 amide bonds. The molecule has 0 bridgehead atoms. The third-order valence-electron chi connectivity index (χ3n) is 5.83. The third kappa shape index (κ3) is 3.86. The number of carbonyl (C=O) groups is 1. The number of aromatic nitrogens is 9. The molecule has 0 saturated heterocycles. The Labute approximate surface area is 205 Å². The van der Waals surface area contributed by atoms with Crippen molar-refractivity contribution in [3.8, 4) is 28.5 Å². The second-order valence-electron chi connectivity index (χ2n) is 8.48. The zero-order valence-electron chi connectivity index (χ0n) is 19.6. The van der Waals surface area contributed by atoms with Crippen molar-refractivity contribution in [2.45, 2.75) is 26.7 Å². The summed E-state index contributed by atoms with van der Waals surface area (Å²) in [6, 6.07) is 5.71. The van der Waals surface area contributed by atoms with E-state index < -0.39 is 0 Å². The lowest BCUT2D eigenvalue weighted by Gasteiger charge is -2.06. The average Bonchev–Trinajstić information content (AvgIpc) is 3.61. The molecule has 0 fully saturated rings. The zero-order valence-corrected chi connectivity index (χ0v) is 19.6. The van der Waals surface area contributed by atoms with Gasteiger partial charge in [0.2, 0.25) is 5.91 Å². The van der Waals surface area contributed by atoms with E-state index in [1.165, 1.54) is 0 Å². The molecule has 6 heterocycles. The Morgan fingerprint density at radius 3 is 2.89 bits per heavy atom. The number of fused-ring (bicyclic) bond motifs is 2. The average molecular weight is 479 g/mol. The number of pyridine rings is 3. The van der Waals surface area contributed by atoms with Gasteiger partial charge in [-0.2, -0.15) is 5.10 Å². The number of carbonyl (C=O) groups excluding carboxylic acids is 1. The van der Waals surface area contributed by atoms with Crippen LogP contribution in [0.1, 0.15) is 25.5 Å². The monoisotopic (exact) mass is 478 g/mol. The molecule has 0 atom stereocenters. The highest BCUT2D eigenvalue weighted by Crippen LogP contribution is 2.30. The van der Waals surface area contributed by atoms with Gasteiger partial charge in [0.1, 0.15) is 11.2 Å². The van der Waals surface area contributed by atoms with Crippen molar-refractivity contribution >= 4 is 33.7 Å². The number of aryl methyl sites for hydroxylation is 1. The van der Waals surface area contributed by atoms with E-state index in [2.05, 4.69) is 40.4 Å². The maximum Gasteiger partial charge on any atom is 0.224 e. The van der Waals surface area contributed by atoms with Gasteiger partial charge in [0.05, 0.1) is 47.0 Å². The Morgan fingerprint density at radius 2 is 2.06 bits per heavy atom. The van der Waals surface area contributed by atoms with Gasteiger partial charge in [-0.3, -0.25) is 19.9 Å². The van der Waals surface area contributed by atoms with Crippen molar-refractivity contribution in [1.82, 2.24) is 44.7 Å². The SMILES string of the molecule is CCCC(=O)Nc1cncc(-c2cc3c(-c4nc5nccc(-n6cnc(C)c6)c5[nH]4)n[nH]c3cn2)c1. The number of aromatic amines is 2. The van der Waals surface area contributed by atoms with Gasteiger partial charge in [0.15, 0.2) is 11.5 Å². The van der Waals surface area contributed by atoms with Crippen molar-refractivity contribution < 1.29 is 4.79 Å². The van der Waals surface area contributed by atoms with Crippen molar-refractivity contribution in [1.29, 1.82) is 0 Å². The molecule has 0 unspecified atom stereocenters. The molecule has 0 aromatic carbocycles. The van der Waals surface area contributed by atoms with Crippen LogP contribution in [-0.2, 0) is 4.79 Å². The van der Waals surface area contributed by atoms with Gasteiger partial charge in [-0.1, -0.05) is 6.92 Å². The van der Waals surface area contributed by atoms with Crippen LogP contribution in [0.3, 0.4) is 0 Å². The van der Waals surface area contributed by atoms with Gasteiger partial charge < -0.3 is 14.9 Å². The fraction of sp³-hybridized carbons (Fsp3) is 0.160. The van der Waals surface area contributed by atoms with Crippen LogP contribution in [0.5, 0.6) is 0 Å². The first kappa shape index (κ1) is 21.6. The van der Waals surface area contributed by atoms with Crippen LogP contribution < -0.4 is 5.32 Å². The Morgan fingerprint density at radius 1 is 1.14 bits per heavy atom. The second-order valence-corrected chi connectivity index (χ2v) is 8.48. The van der Waals surface area contributed by atoms with E-state index in [-0.39, 0.29) is 5.91 Å². The van der Waals surface area contributed by atoms with Crippen LogP contribution in [0, 0.1) is 6.92 Å². The van der Waals surface area contributed by atoms with Crippen molar-refractivity contribution in [2.75, 3.05) is 5.32 Å². The maximum atomic E-state index is 12.0. The first-order chi connectivity index (χ1) is 17.6. The number of hydrogen-bond donors (Lipinski definition) is 3. The molecule has 178 valence electrons. The first-order valence-electron chi connectivity index (χ1n) is 11.5. The number of nitrogens with one attached hydrogen (secondary N) is 3. The second kappa shape index (κ2) is 8.69. The van der Waals surface area contributed by atoms with Gasteiger partial charge in [0.25, 0.3) is 0 Å². The van der Waals surface area contributed by atoms with Crippen LogP contribution in [0.4, 0.5) is 5.69 Å². The van der Waals surface area contributed by atoms with Crippen molar-refractivity contribution in [2.24, 2.45) is 0 Å². The van der Waals surface area contributed by atoms with E-state index in [0.717, 1.165) is 39.8 Å². The molecular weight excluding hydrogens is 456 g/mol. The van der Waals surface area contributed by atoms with E-state index >= 15 is 0 Å². The Hall–Kier alpha value is -4.93. The predicted molar refractivity (Wildman–Crippen MR) is 135 cm³/mol. The number of H-pyrrole nitrogens is 2. The molecule has 0 saturated carbocycles. The van der Waals surface area contributed by atoms with Crippen LogP contribution >= 0.6 is 0 Å². The number of amides is 1. The molecule has 11 nitrogen and oxygen atoms in total. The Kier molecular flexibility index (Phi) is 5.21. The molecule has 0 radical (unpaired) electrons. The van der Waals surface area contributed by atoms with Crippen LogP contribution in [0.25, 0.3) is 50.5 Å². The van der Waals surface area contributed by atoms with E-state index in [1.807, 2.05) is 42.8 Å². The highest BCUT2D eigenvalue weighted by atomic mass is 16.1. The molecule has 3 N–H and O–H groups in total. The Bertz CT molecular complexity index is 1730. The normalized spacial score (nSPS) is 11.4. The zero-order chi connectivity index (χ0) is 24.6. The molecule has 0 aliphatic heterocycles. The number of imidazole rings is 2. The summed E-state index contributed by atoms with van der Waals surface area (Å²) in [5.41, 5.74) is 6.72. The van der Waals surface area contributed by atoms with Crippen molar-refractivity contribution in [3.63, 3.8) is 0 Å². The molecule has 11 heteroatoms. The number of nitrogens with zero attached hydrogens (tertiary/aromatic N) is 7.